The van der Waals surface area contributed by atoms with Gasteiger partial charge >= 0.3 is 0 Å². The van der Waals surface area contributed by atoms with Crippen molar-refractivity contribution in [1.29, 1.82) is 0 Å². The molecule has 1 aromatic carbocycles. The number of benzene rings is 1. The summed E-state index contributed by atoms with van der Waals surface area (Å²) in [6.45, 7) is 6.85. The van der Waals surface area contributed by atoms with Crippen molar-refractivity contribution in [2.24, 2.45) is 0 Å². The van der Waals surface area contributed by atoms with E-state index >= 15 is 0 Å². The average Bonchev–Trinajstić information content (AvgIpc) is 2.44. The number of hydrogen-bond acceptors (Lipinski definition) is 3. The minimum absolute atomic E-state index is 0.264. The van der Waals surface area contributed by atoms with Gasteiger partial charge in [-0.25, -0.2) is 8.42 Å². The van der Waals surface area contributed by atoms with Crippen LogP contribution in [-0.4, -0.2) is 31.9 Å². The minimum atomic E-state index is -3.35. The van der Waals surface area contributed by atoms with E-state index in [1.165, 1.54) is 23.6 Å². The van der Waals surface area contributed by atoms with Gasteiger partial charge in [0.15, 0.2) is 0 Å². The maximum absolute atomic E-state index is 12.4. The first-order chi connectivity index (χ1) is 9.98. The van der Waals surface area contributed by atoms with E-state index in [1.54, 1.807) is 12.1 Å². The van der Waals surface area contributed by atoms with E-state index in [0.29, 0.717) is 24.0 Å². The number of nitrogens with zero attached hydrogens (tertiary/aromatic N) is 1. The fourth-order valence-electron chi connectivity index (χ4n) is 2.67. The normalized spacial score (nSPS) is 17.7. The lowest BCUT2D eigenvalue weighted by Crippen LogP contribution is -2.36. The molecule has 1 atom stereocenters. The second-order valence-electron chi connectivity index (χ2n) is 5.67. The van der Waals surface area contributed by atoms with E-state index < -0.39 is 10.0 Å². The zero-order valence-corrected chi connectivity index (χ0v) is 14.0. The van der Waals surface area contributed by atoms with Gasteiger partial charge in [0, 0.05) is 25.2 Å². The number of nitrogens with one attached hydrogen (secondary N) is 1. The van der Waals surface area contributed by atoms with Gasteiger partial charge in [0.2, 0.25) is 10.0 Å². The molecule has 1 aromatic rings. The van der Waals surface area contributed by atoms with E-state index in [4.69, 9.17) is 0 Å². The average molecular weight is 310 g/mol. The summed E-state index contributed by atoms with van der Waals surface area (Å²) in [5.74, 6) is 0. The monoisotopic (exact) mass is 310 g/mol. The first-order valence-electron chi connectivity index (χ1n) is 7.85. The summed E-state index contributed by atoms with van der Waals surface area (Å²) in [6.07, 6.45) is 3.81. The van der Waals surface area contributed by atoms with E-state index in [-0.39, 0.29) is 6.04 Å². The van der Waals surface area contributed by atoms with Gasteiger partial charge in [-0.3, -0.25) is 0 Å². The van der Waals surface area contributed by atoms with Crippen molar-refractivity contribution in [3.8, 4) is 0 Å². The predicted molar refractivity (Wildman–Crippen MR) is 85.7 cm³/mol. The number of hydrogen-bond donors (Lipinski definition) is 1. The molecule has 1 aliphatic rings. The van der Waals surface area contributed by atoms with Crippen LogP contribution in [0.15, 0.2) is 29.2 Å². The Hall–Kier alpha value is -0.910. The van der Waals surface area contributed by atoms with Crippen LogP contribution in [0.2, 0.25) is 0 Å². The Morgan fingerprint density at radius 3 is 2.19 bits per heavy atom. The van der Waals surface area contributed by atoms with Gasteiger partial charge < -0.3 is 5.32 Å². The molecule has 2 rings (SSSR count). The molecule has 0 amide bonds. The maximum atomic E-state index is 12.4. The zero-order valence-electron chi connectivity index (χ0n) is 13.2. The lowest BCUT2D eigenvalue weighted by atomic mass is 9.92. The Labute approximate surface area is 128 Å². The van der Waals surface area contributed by atoms with Crippen LogP contribution in [0, 0.1) is 0 Å². The summed E-state index contributed by atoms with van der Waals surface area (Å²) in [6, 6.07) is 8.18. The van der Waals surface area contributed by atoms with Crippen LogP contribution in [0.1, 0.15) is 51.6 Å². The fraction of sp³-hybridized carbons (Fsp3) is 0.625. The summed E-state index contributed by atoms with van der Waals surface area (Å²) in [4.78, 5) is 0.380. The smallest absolute Gasteiger partial charge is 0.243 e. The SMILES string of the molecule is CCN(CC)S(=O)(=O)c1ccc(C(C)NC2CCC2)cc1. The van der Waals surface area contributed by atoms with Gasteiger partial charge in [-0.1, -0.05) is 32.4 Å². The molecule has 1 unspecified atom stereocenters. The van der Waals surface area contributed by atoms with Crippen molar-refractivity contribution in [2.75, 3.05) is 13.1 Å². The van der Waals surface area contributed by atoms with Crippen LogP contribution in [-0.2, 0) is 10.0 Å². The summed E-state index contributed by atoms with van der Waals surface area (Å²) in [5.41, 5.74) is 1.14. The molecule has 0 aliphatic heterocycles. The Morgan fingerprint density at radius 2 is 1.76 bits per heavy atom. The quantitative estimate of drug-likeness (QED) is 0.842. The first-order valence-corrected chi connectivity index (χ1v) is 9.29. The van der Waals surface area contributed by atoms with E-state index in [2.05, 4.69) is 12.2 Å². The highest BCUT2D eigenvalue weighted by molar-refractivity contribution is 7.89. The lowest BCUT2D eigenvalue weighted by Gasteiger charge is -2.30. The highest BCUT2D eigenvalue weighted by Gasteiger charge is 2.22. The summed E-state index contributed by atoms with van der Waals surface area (Å²) >= 11 is 0. The molecule has 0 bridgehead atoms. The van der Waals surface area contributed by atoms with E-state index in [0.717, 1.165) is 5.56 Å². The fourth-order valence-corrected chi connectivity index (χ4v) is 4.12. The summed E-state index contributed by atoms with van der Waals surface area (Å²) < 4.78 is 26.3. The zero-order chi connectivity index (χ0) is 15.5. The highest BCUT2D eigenvalue weighted by atomic mass is 32.2. The molecule has 1 N–H and O–H groups in total. The molecular formula is C16H26N2O2S. The Bertz CT molecular complexity index is 546. The first kappa shape index (κ1) is 16.5. The molecule has 1 fully saturated rings. The van der Waals surface area contributed by atoms with Crippen LogP contribution in [0.4, 0.5) is 0 Å². The van der Waals surface area contributed by atoms with E-state index in [1.807, 2.05) is 26.0 Å². The van der Waals surface area contributed by atoms with Crippen molar-refractivity contribution in [1.82, 2.24) is 9.62 Å². The standard InChI is InChI=1S/C16H26N2O2S/c1-4-18(5-2)21(19,20)16-11-9-14(10-12-16)13(3)17-15-7-6-8-15/h9-13,15,17H,4-8H2,1-3H3. The molecule has 118 valence electrons. The van der Waals surface area contributed by atoms with Gasteiger partial charge in [-0.2, -0.15) is 4.31 Å². The second-order valence-corrected chi connectivity index (χ2v) is 7.61. The summed E-state index contributed by atoms with van der Waals surface area (Å²) in [5, 5.41) is 3.58. The predicted octanol–water partition coefficient (Wildman–Crippen LogP) is 2.92. The molecule has 1 aliphatic carbocycles. The van der Waals surface area contributed by atoms with Crippen LogP contribution in [0.5, 0.6) is 0 Å². The lowest BCUT2D eigenvalue weighted by molar-refractivity contribution is 0.313. The van der Waals surface area contributed by atoms with Gasteiger partial charge in [0.05, 0.1) is 4.90 Å². The van der Waals surface area contributed by atoms with Crippen LogP contribution in [0.3, 0.4) is 0 Å². The van der Waals surface area contributed by atoms with Gasteiger partial charge in [0.25, 0.3) is 0 Å². The van der Waals surface area contributed by atoms with Crippen molar-refractivity contribution < 1.29 is 8.42 Å². The Balaban J connectivity index is 2.10. The molecule has 5 heteroatoms. The highest BCUT2D eigenvalue weighted by Crippen LogP contribution is 2.24. The van der Waals surface area contributed by atoms with Crippen LogP contribution < -0.4 is 5.32 Å². The summed E-state index contributed by atoms with van der Waals surface area (Å²) in [7, 11) is -3.35. The van der Waals surface area contributed by atoms with Gasteiger partial charge in [-0.15, -0.1) is 0 Å². The van der Waals surface area contributed by atoms with Crippen LogP contribution >= 0.6 is 0 Å². The van der Waals surface area contributed by atoms with Crippen LogP contribution in [0.25, 0.3) is 0 Å². The van der Waals surface area contributed by atoms with Crippen molar-refractivity contribution in [3.63, 3.8) is 0 Å². The molecule has 0 radical (unpaired) electrons. The molecule has 0 spiro atoms. The van der Waals surface area contributed by atoms with Crippen molar-refractivity contribution in [2.45, 2.75) is 57.0 Å². The number of rotatable bonds is 7. The third kappa shape index (κ3) is 3.65. The molecule has 0 heterocycles. The second kappa shape index (κ2) is 6.90. The maximum Gasteiger partial charge on any atom is 0.243 e. The Morgan fingerprint density at radius 1 is 1.19 bits per heavy atom. The molecular weight excluding hydrogens is 284 g/mol. The molecule has 1 saturated carbocycles. The third-order valence-electron chi connectivity index (χ3n) is 4.31. The molecule has 0 saturated heterocycles. The van der Waals surface area contributed by atoms with Crippen molar-refractivity contribution >= 4 is 10.0 Å². The topological polar surface area (TPSA) is 49.4 Å². The Kier molecular flexibility index (Phi) is 5.41. The largest absolute Gasteiger partial charge is 0.307 e. The molecule has 0 aromatic heterocycles. The van der Waals surface area contributed by atoms with E-state index in [9.17, 15) is 8.42 Å². The van der Waals surface area contributed by atoms with Gasteiger partial charge in [-0.05, 0) is 37.5 Å². The van der Waals surface area contributed by atoms with Gasteiger partial charge in [0.1, 0.15) is 0 Å². The molecule has 4 nitrogen and oxygen atoms in total. The minimum Gasteiger partial charge on any atom is -0.307 e. The third-order valence-corrected chi connectivity index (χ3v) is 6.38. The van der Waals surface area contributed by atoms with Crippen molar-refractivity contribution in [3.05, 3.63) is 29.8 Å². The number of sulfonamides is 1. The molecule has 21 heavy (non-hydrogen) atoms.